The van der Waals surface area contributed by atoms with Gasteiger partial charge >= 0.3 is 6.98 Å². The Labute approximate surface area is 434 Å². The van der Waals surface area contributed by atoms with E-state index in [1.165, 1.54) is 73.6 Å². The summed E-state index contributed by atoms with van der Waals surface area (Å²) < 4.78 is 8.76. The van der Waals surface area contributed by atoms with Crippen molar-refractivity contribution in [2.45, 2.75) is 75.0 Å². The predicted molar refractivity (Wildman–Crippen MR) is 305 cm³/mol. The second-order valence-electron chi connectivity index (χ2n) is 22.4. The van der Waals surface area contributed by atoms with Crippen LogP contribution in [0.25, 0.3) is 99.9 Å². The smallest absolute Gasteiger partial charge is 0.291 e. The highest BCUT2D eigenvalue weighted by Crippen LogP contribution is 2.54. The molecule has 0 spiro atoms. The number of hydrogen-bond acceptors (Lipinski definition) is 2. The van der Waals surface area contributed by atoms with Gasteiger partial charge in [0.15, 0.2) is 0 Å². The van der Waals surface area contributed by atoms with Crippen LogP contribution in [0, 0.1) is 0 Å². The lowest BCUT2D eigenvalue weighted by Gasteiger charge is -2.38. The Bertz CT molecular complexity index is 3970. The number of hydrogen-bond donors (Lipinski definition) is 0. The van der Waals surface area contributed by atoms with Crippen LogP contribution >= 0.6 is 0 Å². The molecule has 0 N–H and O–H groups in total. The van der Waals surface area contributed by atoms with Crippen molar-refractivity contribution in [2.75, 3.05) is 0 Å². The monoisotopic (exact) mass is 966 g/mol. The predicted octanol–water partition coefficient (Wildman–Crippen LogP) is 14.8. The third kappa shape index (κ3) is 5.71. The fraction of sp³-hybridized carbons (Fsp3) is 0.176. The van der Waals surface area contributed by atoms with E-state index < -0.39 is 6.98 Å². The Kier molecular flexibility index (Phi) is 8.71. The van der Waals surface area contributed by atoms with Gasteiger partial charge in [-0.2, -0.15) is 0 Å². The molecule has 2 aromatic heterocycles. The largest absolute Gasteiger partial charge is 0.456 e. The molecule has 4 heterocycles. The van der Waals surface area contributed by atoms with E-state index in [1.807, 2.05) is 0 Å². The Morgan fingerprint density at radius 2 is 0.640 bits per heavy atom. The molecule has 2 aliphatic heterocycles. The molecule has 358 valence electrons. The van der Waals surface area contributed by atoms with Crippen molar-refractivity contribution in [1.29, 1.82) is 0 Å². The van der Waals surface area contributed by atoms with Crippen molar-refractivity contribution in [1.82, 2.24) is 18.5 Å². The maximum Gasteiger partial charge on any atom is 0.456 e. The highest BCUT2D eigenvalue weighted by Gasteiger charge is 2.51. The zero-order valence-corrected chi connectivity index (χ0v) is 41.5. The minimum atomic E-state index is -0.533. The molecule has 6 aliphatic carbocycles. The first kappa shape index (κ1) is 42.0. The summed E-state index contributed by atoms with van der Waals surface area (Å²) in [7, 11) is 0. The number of aromatic nitrogens is 4. The summed E-state index contributed by atoms with van der Waals surface area (Å²) in [5.41, 5.74) is 22.8. The maximum absolute atomic E-state index is 16.2. The van der Waals surface area contributed by atoms with Crippen LogP contribution in [-0.4, -0.2) is 25.5 Å². The molecule has 2 saturated carbocycles. The van der Waals surface area contributed by atoms with E-state index in [0.29, 0.717) is 23.7 Å². The molecule has 0 atom stereocenters. The van der Waals surface area contributed by atoms with E-state index in [-0.39, 0.29) is 11.1 Å². The summed E-state index contributed by atoms with van der Waals surface area (Å²) in [6.45, 7) is -0.533. The summed E-state index contributed by atoms with van der Waals surface area (Å²) >= 11 is 0. The quantitative estimate of drug-likeness (QED) is 0.156. The van der Waals surface area contributed by atoms with Crippen LogP contribution in [0.15, 0.2) is 198 Å². The molecule has 0 radical (unpaired) electrons. The minimum absolute atomic E-state index is 0.00647. The fourth-order valence-electron chi connectivity index (χ4n) is 15.6. The van der Waals surface area contributed by atoms with Crippen LogP contribution < -0.4 is 16.6 Å². The standard InChI is InChI=1S/C68H51BN4O2/c74-67-56-35-52-44-27-31-46(32-28-44)54(52)38-60(56)72-69-64-65(70(67)72)58(62-48(40-15-5-1-6-16-40)23-13-24-49(62)41-17-7-2-8-18-41)37-59(63-50(42-19-9-3-10-20-42)25-14-26-51(63)43-21-11-4-12-22-43)66(64)71-68(75)57-36-53-45-29-33-47(34-30-45)55(53)39-61(57)73(69)71/h1-26,35-39,44-47H,27-34H2. The van der Waals surface area contributed by atoms with E-state index in [4.69, 9.17) is 0 Å². The van der Waals surface area contributed by atoms with Gasteiger partial charge in [0.2, 0.25) is 0 Å². The van der Waals surface area contributed by atoms with Crippen molar-refractivity contribution < 1.29 is 0 Å². The first-order chi connectivity index (χ1) is 37.1. The van der Waals surface area contributed by atoms with E-state index in [0.717, 1.165) is 105 Å². The van der Waals surface area contributed by atoms with Gasteiger partial charge in [0.1, 0.15) is 0 Å². The molecule has 4 bridgehead atoms. The van der Waals surface area contributed by atoms with Gasteiger partial charge in [-0.1, -0.05) is 158 Å². The highest BCUT2D eigenvalue weighted by atomic mass is 16.1. The molecule has 0 unspecified atom stereocenters. The Morgan fingerprint density at radius 1 is 0.333 bits per heavy atom. The lowest BCUT2D eigenvalue weighted by molar-refractivity contribution is 0.359. The van der Waals surface area contributed by atoms with Gasteiger partial charge < -0.3 is 0 Å². The molecule has 2 fully saturated rings. The average Bonchev–Trinajstić information content (AvgIpc) is 4.32. The summed E-state index contributed by atoms with van der Waals surface area (Å²) in [5, 5.41) is 1.52. The molecule has 0 amide bonds. The van der Waals surface area contributed by atoms with E-state index in [2.05, 4.69) is 207 Å². The lowest BCUT2D eigenvalue weighted by Crippen LogP contribution is -2.40. The second kappa shape index (κ2) is 15.6. The second-order valence-corrected chi connectivity index (χ2v) is 22.4. The van der Waals surface area contributed by atoms with E-state index >= 15 is 9.59 Å². The molecule has 11 aromatic rings. The first-order valence-electron chi connectivity index (χ1n) is 27.4. The third-order valence-electron chi connectivity index (χ3n) is 18.8. The number of fused-ring (bicyclic) bond motifs is 14. The number of rotatable bonds is 6. The normalized spacial score (nSPS) is 19.1. The van der Waals surface area contributed by atoms with E-state index in [1.54, 1.807) is 0 Å². The van der Waals surface area contributed by atoms with Crippen molar-refractivity contribution >= 4 is 34.3 Å². The topological polar surface area (TPSA) is 53.9 Å². The third-order valence-corrected chi connectivity index (χ3v) is 18.8. The summed E-state index contributed by atoms with van der Waals surface area (Å²) in [6.07, 6.45) is 9.48. The maximum atomic E-state index is 16.2. The molecular weight excluding hydrogens is 916 g/mol. The summed E-state index contributed by atoms with van der Waals surface area (Å²) in [6, 6.07) is 68.0. The molecule has 0 saturated heterocycles. The van der Waals surface area contributed by atoms with Crippen molar-refractivity contribution in [2.24, 2.45) is 0 Å². The molecule has 7 heteroatoms. The Balaban J connectivity index is 1.09. The van der Waals surface area contributed by atoms with Gasteiger partial charge in [0.05, 0.1) is 33.2 Å². The van der Waals surface area contributed by atoms with Crippen molar-refractivity contribution in [3.05, 3.63) is 231 Å². The molecule has 19 rings (SSSR count). The van der Waals surface area contributed by atoms with Crippen LogP contribution in [0.2, 0.25) is 0 Å². The zero-order chi connectivity index (χ0) is 49.2. The first-order valence-corrected chi connectivity index (χ1v) is 27.4. The van der Waals surface area contributed by atoms with Gasteiger partial charge in [-0.25, -0.2) is 9.36 Å². The minimum Gasteiger partial charge on any atom is -0.291 e. The molecule has 6 nitrogen and oxygen atoms in total. The summed E-state index contributed by atoms with van der Waals surface area (Å²) in [4.78, 5) is 32.4. The van der Waals surface area contributed by atoms with Crippen LogP contribution in [0.3, 0.4) is 0 Å². The lowest BCUT2D eigenvalue weighted by atomic mass is 9.65. The molecule has 8 aliphatic rings. The van der Waals surface area contributed by atoms with Crippen LogP contribution in [0.4, 0.5) is 0 Å². The average molecular weight is 967 g/mol. The Hall–Kier alpha value is -8.42. The summed E-state index contributed by atoms with van der Waals surface area (Å²) in [5.74, 6) is 1.92. The van der Waals surface area contributed by atoms with Gasteiger partial charge in [0, 0.05) is 16.6 Å². The molecule has 75 heavy (non-hydrogen) atoms. The van der Waals surface area contributed by atoms with Gasteiger partial charge in [-0.05, 0) is 183 Å². The van der Waals surface area contributed by atoms with Gasteiger partial charge in [0.25, 0.3) is 11.1 Å². The zero-order valence-electron chi connectivity index (χ0n) is 41.5. The Morgan fingerprint density at radius 3 is 0.960 bits per heavy atom. The van der Waals surface area contributed by atoms with Crippen LogP contribution in [-0.2, 0) is 0 Å². The van der Waals surface area contributed by atoms with Gasteiger partial charge in [-0.15, -0.1) is 0 Å². The van der Waals surface area contributed by atoms with Crippen LogP contribution in [0.1, 0.15) is 97.3 Å². The number of benzene rings is 9. The molecule has 9 aromatic carbocycles. The SMILES string of the molecule is O=c1c2cc3c(cc2n2n1-c1c(-c4c(-c5ccccc5)cccc4-c4ccccc4)cc(-c4c(-c5ccccc5)cccc4-c4ccccc4)c4c1B2n1c2cc5c(cc2c(=O)n1-4)C1CCC5CC1)C1CCC3CC1. The van der Waals surface area contributed by atoms with Gasteiger partial charge in [-0.3, -0.25) is 18.8 Å². The van der Waals surface area contributed by atoms with Crippen molar-refractivity contribution in [3.63, 3.8) is 0 Å². The fourth-order valence-corrected chi connectivity index (χ4v) is 15.6. The van der Waals surface area contributed by atoms with Crippen molar-refractivity contribution in [3.8, 4) is 78.1 Å². The highest BCUT2D eigenvalue weighted by molar-refractivity contribution is 6.76. The van der Waals surface area contributed by atoms with E-state index in [9.17, 15) is 0 Å². The molecular formula is C68H51BN4O2. The van der Waals surface area contributed by atoms with Crippen LogP contribution in [0.5, 0.6) is 0 Å². The number of nitrogens with zero attached hydrogens (tertiary/aromatic N) is 4.